The van der Waals surface area contributed by atoms with Crippen LogP contribution >= 0.6 is 0 Å². The summed E-state index contributed by atoms with van der Waals surface area (Å²) in [4.78, 5) is 30.3. The summed E-state index contributed by atoms with van der Waals surface area (Å²) >= 11 is 0. The Morgan fingerprint density at radius 3 is 2.57 bits per heavy atom. The van der Waals surface area contributed by atoms with Gasteiger partial charge in [-0.25, -0.2) is 0 Å². The van der Waals surface area contributed by atoms with Gasteiger partial charge in [-0.05, 0) is 30.7 Å². The molecule has 4 rings (SSSR count). The number of carbonyl (C=O) groups excluding carboxylic acids is 2. The average molecular weight is 377 g/mol. The van der Waals surface area contributed by atoms with Crippen LogP contribution in [0.4, 0.5) is 0 Å². The van der Waals surface area contributed by atoms with E-state index in [-0.39, 0.29) is 23.8 Å². The van der Waals surface area contributed by atoms with E-state index in [2.05, 4.69) is 15.4 Å². The number of carbonyl (C=O) groups is 2. The molecule has 2 atom stereocenters. The van der Waals surface area contributed by atoms with E-state index in [0.717, 1.165) is 11.3 Å². The van der Waals surface area contributed by atoms with Crippen molar-refractivity contribution in [3.05, 3.63) is 77.4 Å². The van der Waals surface area contributed by atoms with E-state index in [9.17, 15) is 9.59 Å². The highest BCUT2D eigenvalue weighted by atomic mass is 16.2. The normalized spacial score (nSPS) is 19.0. The van der Waals surface area contributed by atoms with Crippen molar-refractivity contribution in [1.29, 1.82) is 0 Å². The first-order chi connectivity index (χ1) is 13.5. The highest BCUT2D eigenvalue weighted by Gasteiger charge is 2.38. The Balaban J connectivity index is 1.57. The zero-order chi connectivity index (χ0) is 19.7. The maximum absolute atomic E-state index is 13.0. The van der Waals surface area contributed by atoms with E-state index in [0.29, 0.717) is 24.5 Å². The zero-order valence-electron chi connectivity index (χ0n) is 15.9. The van der Waals surface area contributed by atoms with Crippen molar-refractivity contribution in [2.24, 2.45) is 7.05 Å². The number of aromatic amines is 1. The quantitative estimate of drug-likeness (QED) is 0.730. The topological polar surface area (TPSA) is 83.0 Å². The van der Waals surface area contributed by atoms with Gasteiger partial charge >= 0.3 is 0 Å². The molecule has 1 aromatic carbocycles. The van der Waals surface area contributed by atoms with E-state index in [4.69, 9.17) is 0 Å². The number of rotatable bonds is 4. The fourth-order valence-corrected chi connectivity index (χ4v) is 3.70. The number of hydrogen-bond donors (Lipinski definition) is 2. The summed E-state index contributed by atoms with van der Waals surface area (Å²) in [5.41, 5.74) is 2.98. The molecule has 2 amide bonds. The number of amides is 2. The second kappa shape index (κ2) is 7.34. The first-order valence-corrected chi connectivity index (χ1v) is 9.32. The van der Waals surface area contributed by atoms with Crippen LogP contribution in [0.25, 0.3) is 0 Å². The lowest BCUT2D eigenvalue weighted by Crippen LogP contribution is -2.40. The summed E-state index contributed by atoms with van der Waals surface area (Å²) in [5.74, 6) is -0.256. The SMILES string of the molecule is Cc1cc(C(=O)N2C[C@@H](NC(=O)c3ccc[nH]3)[C@H](c3ccccc3)C2)nn1C. The van der Waals surface area contributed by atoms with Gasteiger partial charge in [0.25, 0.3) is 11.8 Å². The lowest BCUT2D eigenvalue weighted by molar-refractivity contribution is 0.0776. The Morgan fingerprint density at radius 2 is 1.93 bits per heavy atom. The maximum atomic E-state index is 13.0. The highest BCUT2D eigenvalue weighted by molar-refractivity contribution is 5.94. The Hall–Kier alpha value is -3.35. The second-order valence-corrected chi connectivity index (χ2v) is 7.19. The van der Waals surface area contributed by atoms with Crippen LogP contribution in [0, 0.1) is 6.92 Å². The summed E-state index contributed by atoms with van der Waals surface area (Å²) < 4.78 is 1.70. The van der Waals surface area contributed by atoms with Crippen molar-refractivity contribution in [3.63, 3.8) is 0 Å². The summed E-state index contributed by atoms with van der Waals surface area (Å²) in [6.07, 6.45) is 1.72. The summed E-state index contributed by atoms with van der Waals surface area (Å²) in [7, 11) is 1.82. The lowest BCUT2D eigenvalue weighted by Gasteiger charge is -2.19. The van der Waals surface area contributed by atoms with Crippen molar-refractivity contribution in [2.45, 2.75) is 18.9 Å². The number of aryl methyl sites for hydroxylation is 2. The number of H-pyrrole nitrogens is 1. The van der Waals surface area contributed by atoms with Crippen LogP contribution in [0.3, 0.4) is 0 Å². The van der Waals surface area contributed by atoms with Gasteiger partial charge in [0, 0.05) is 37.9 Å². The van der Waals surface area contributed by atoms with Gasteiger partial charge in [-0.3, -0.25) is 14.3 Å². The van der Waals surface area contributed by atoms with Crippen LogP contribution < -0.4 is 5.32 Å². The molecule has 2 aromatic heterocycles. The number of aromatic nitrogens is 3. The molecule has 1 aliphatic heterocycles. The summed E-state index contributed by atoms with van der Waals surface area (Å²) in [6, 6.07) is 15.1. The predicted molar refractivity (Wildman–Crippen MR) is 105 cm³/mol. The van der Waals surface area contributed by atoms with Gasteiger partial charge in [-0.2, -0.15) is 5.10 Å². The molecule has 3 aromatic rings. The third kappa shape index (κ3) is 3.43. The smallest absolute Gasteiger partial charge is 0.274 e. The number of hydrogen-bond acceptors (Lipinski definition) is 3. The largest absolute Gasteiger partial charge is 0.357 e. The van der Waals surface area contributed by atoms with E-state index in [1.807, 2.05) is 44.3 Å². The Bertz CT molecular complexity index is 958. The van der Waals surface area contributed by atoms with E-state index in [1.54, 1.807) is 34.0 Å². The van der Waals surface area contributed by atoms with Gasteiger partial charge in [0.05, 0.1) is 6.04 Å². The molecule has 1 aliphatic rings. The van der Waals surface area contributed by atoms with Crippen molar-refractivity contribution >= 4 is 11.8 Å². The molecule has 0 aliphatic carbocycles. The fraction of sp³-hybridized carbons (Fsp3) is 0.286. The molecular weight excluding hydrogens is 354 g/mol. The van der Waals surface area contributed by atoms with Crippen LogP contribution in [0.1, 0.15) is 38.2 Å². The van der Waals surface area contributed by atoms with Crippen LogP contribution in [0.5, 0.6) is 0 Å². The molecular formula is C21H23N5O2. The zero-order valence-corrected chi connectivity index (χ0v) is 15.9. The number of benzene rings is 1. The molecule has 0 spiro atoms. The minimum Gasteiger partial charge on any atom is -0.357 e. The standard InChI is InChI=1S/C21H23N5O2/c1-14-11-18(24-25(14)2)21(28)26-12-16(15-7-4-3-5-8-15)19(13-26)23-20(27)17-9-6-10-22-17/h3-11,16,19,22H,12-13H2,1-2H3,(H,23,27)/t16-,19+/m0/s1. The summed E-state index contributed by atoms with van der Waals surface area (Å²) in [6.45, 7) is 2.90. The molecule has 0 saturated carbocycles. The van der Waals surface area contributed by atoms with Crippen LogP contribution in [-0.2, 0) is 7.05 Å². The summed E-state index contributed by atoms with van der Waals surface area (Å²) in [5, 5.41) is 7.41. The van der Waals surface area contributed by atoms with Gasteiger partial charge in [0.15, 0.2) is 5.69 Å². The van der Waals surface area contributed by atoms with Crippen LogP contribution in [0.2, 0.25) is 0 Å². The molecule has 3 heterocycles. The Morgan fingerprint density at radius 1 is 1.14 bits per heavy atom. The first-order valence-electron chi connectivity index (χ1n) is 9.32. The minimum absolute atomic E-state index is 0.0221. The Labute approximate surface area is 163 Å². The molecule has 7 nitrogen and oxygen atoms in total. The lowest BCUT2D eigenvalue weighted by atomic mass is 9.94. The van der Waals surface area contributed by atoms with Gasteiger partial charge in [-0.1, -0.05) is 30.3 Å². The molecule has 2 N–H and O–H groups in total. The fourth-order valence-electron chi connectivity index (χ4n) is 3.70. The number of nitrogens with one attached hydrogen (secondary N) is 2. The molecule has 28 heavy (non-hydrogen) atoms. The van der Waals surface area contributed by atoms with Crippen molar-refractivity contribution in [2.75, 3.05) is 13.1 Å². The molecule has 0 radical (unpaired) electrons. The minimum atomic E-state index is -0.174. The van der Waals surface area contributed by atoms with Gasteiger partial charge in [0.2, 0.25) is 0 Å². The van der Waals surface area contributed by atoms with Gasteiger partial charge in [-0.15, -0.1) is 0 Å². The van der Waals surface area contributed by atoms with Crippen molar-refractivity contribution < 1.29 is 9.59 Å². The molecule has 1 fully saturated rings. The molecule has 1 saturated heterocycles. The predicted octanol–water partition coefficient (Wildman–Crippen LogP) is 2.09. The first kappa shape index (κ1) is 18.0. The second-order valence-electron chi connectivity index (χ2n) is 7.19. The number of likely N-dealkylation sites (tertiary alicyclic amines) is 1. The van der Waals surface area contributed by atoms with Crippen molar-refractivity contribution in [1.82, 2.24) is 25.0 Å². The van der Waals surface area contributed by atoms with E-state index in [1.165, 1.54) is 0 Å². The molecule has 0 unspecified atom stereocenters. The third-order valence-corrected chi connectivity index (χ3v) is 5.33. The molecule has 0 bridgehead atoms. The third-order valence-electron chi connectivity index (χ3n) is 5.33. The van der Waals surface area contributed by atoms with Crippen LogP contribution in [0.15, 0.2) is 54.7 Å². The maximum Gasteiger partial charge on any atom is 0.274 e. The average Bonchev–Trinajstić information content (AvgIpc) is 3.43. The van der Waals surface area contributed by atoms with Crippen molar-refractivity contribution in [3.8, 4) is 0 Å². The van der Waals surface area contributed by atoms with Gasteiger partial charge < -0.3 is 15.2 Å². The van der Waals surface area contributed by atoms with Gasteiger partial charge in [0.1, 0.15) is 5.69 Å². The van der Waals surface area contributed by atoms with E-state index >= 15 is 0 Å². The molecule has 7 heteroatoms. The monoisotopic (exact) mass is 377 g/mol. The highest BCUT2D eigenvalue weighted by Crippen LogP contribution is 2.29. The Kier molecular flexibility index (Phi) is 4.73. The molecule has 144 valence electrons. The van der Waals surface area contributed by atoms with Crippen LogP contribution in [-0.4, -0.2) is 50.6 Å². The number of nitrogens with zero attached hydrogens (tertiary/aromatic N) is 3. The van der Waals surface area contributed by atoms with E-state index < -0.39 is 0 Å².